The van der Waals surface area contributed by atoms with Crippen LogP contribution < -0.4 is 0 Å². The SMILES string of the molecule is COC(=O)/C(=C/c1ccccc1Br)CSC(F)(F)F. The third kappa shape index (κ3) is 5.69. The second-order valence-electron chi connectivity index (χ2n) is 3.42. The van der Waals surface area contributed by atoms with Crippen molar-refractivity contribution in [1.29, 1.82) is 0 Å². The Morgan fingerprint density at radius 2 is 2.05 bits per heavy atom. The molecule has 0 N–H and O–H groups in total. The van der Waals surface area contributed by atoms with E-state index < -0.39 is 17.2 Å². The first-order valence-electron chi connectivity index (χ1n) is 5.07. The van der Waals surface area contributed by atoms with Gasteiger partial charge in [0, 0.05) is 15.8 Å². The van der Waals surface area contributed by atoms with Crippen molar-refractivity contribution >= 4 is 39.7 Å². The van der Waals surface area contributed by atoms with Crippen LogP contribution in [0.2, 0.25) is 0 Å². The zero-order chi connectivity index (χ0) is 14.5. The summed E-state index contributed by atoms with van der Waals surface area (Å²) in [6.45, 7) is 0. The Bertz CT molecular complexity index is 486. The van der Waals surface area contributed by atoms with Crippen molar-refractivity contribution in [2.45, 2.75) is 5.51 Å². The quantitative estimate of drug-likeness (QED) is 0.596. The van der Waals surface area contributed by atoms with E-state index in [9.17, 15) is 18.0 Å². The Hall–Kier alpha value is -0.950. The number of alkyl halides is 3. The van der Waals surface area contributed by atoms with Gasteiger partial charge < -0.3 is 4.74 Å². The summed E-state index contributed by atoms with van der Waals surface area (Å²) in [7, 11) is 1.13. The summed E-state index contributed by atoms with van der Waals surface area (Å²) in [5.74, 6) is -1.26. The standard InChI is InChI=1S/C12H10BrF3O2S/c1-18-11(17)9(7-19-12(14,15)16)6-8-4-2-3-5-10(8)13/h2-6H,7H2,1H3/b9-6+. The minimum absolute atomic E-state index is 0.0447. The Balaban J connectivity index is 2.97. The fraction of sp³-hybridized carbons (Fsp3) is 0.250. The Morgan fingerprint density at radius 3 is 2.58 bits per heavy atom. The summed E-state index contributed by atoms with van der Waals surface area (Å²) < 4.78 is 41.7. The topological polar surface area (TPSA) is 26.3 Å². The lowest BCUT2D eigenvalue weighted by Crippen LogP contribution is -2.10. The molecular formula is C12H10BrF3O2S. The number of ether oxygens (including phenoxy) is 1. The molecule has 0 heterocycles. The van der Waals surface area contributed by atoms with Gasteiger partial charge in [-0.1, -0.05) is 34.1 Å². The predicted molar refractivity (Wildman–Crippen MR) is 72.6 cm³/mol. The number of hydrogen-bond donors (Lipinski definition) is 0. The van der Waals surface area contributed by atoms with Crippen LogP contribution in [0.1, 0.15) is 5.56 Å². The van der Waals surface area contributed by atoms with E-state index in [1.54, 1.807) is 24.3 Å². The zero-order valence-electron chi connectivity index (χ0n) is 9.83. The summed E-state index contributed by atoms with van der Waals surface area (Å²) in [5, 5.41) is 0. The molecule has 0 saturated heterocycles. The van der Waals surface area contributed by atoms with Gasteiger partial charge in [0.25, 0.3) is 0 Å². The number of carbonyl (C=O) groups excluding carboxylic acids is 1. The molecule has 1 aromatic rings. The highest BCUT2D eigenvalue weighted by molar-refractivity contribution is 9.10. The molecule has 0 aromatic heterocycles. The fourth-order valence-corrected chi connectivity index (χ4v) is 2.15. The predicted octanol–water partition coefficient (Wildman–Crippen LogP) is 4.26. The van der Waals surface area contributed by atoms with Crippen molar-refractivity contribution in [2.75, 3.05) is 12.9 Å². The Morgan fingerprint density at radius 1 is 1.42 bits per heavy atom. The molecular weight excluding hydrogens is 345 g/mol. The highest BCUT2D eigenvalue weighted by Crippen LogP contribution is 2.32. The lowest BCUT2D eigenvalue weighted by molar-refractivity contribution is -0.135. The lowest BCUT2D eigenvalue weighted by Gasteiger charge is -2.08. The molecule has 0 aliphatic carbocycles. The number of carbonyl (C=O) groups is 1. The number of thioether (sulfide) groups is 1. The van der Waals surface area contributed by atoms with Crippen LogP contribution in [0.3, 0.4) is 0 Å². The van der Waals surface area contributed by atoms with Crippen LogP contribution in [0.15, 0.2) is 34.3 Å². The summed E-state index contributed by atoms with van der Waals surface area (Å²) >= 11 is 2.99. The van der Waals surface area contributed by atoms with Crippen molar-refractivity contribution < 1.29 is 22.7 Å². The molecule has 0 saturated carbocycles. The molecule has 104 valence electrons. The largest absolute Gasteiger partial charge is 0.466 e. The van der Waals surface area contributed by atoms with Crippen LogP contribution in [0.5, 0.6) is 0 Å². The normalized spacial score (nSPS) is 12.4. The maximum Gasteiger partial charge on any atom is 0.442 e. The summed E-state index contributed by atoms with van der Waals surface area (Å²) in [6.07, 6.45) is 1.38. The lowest BCUT2D eigenvalue weighted by atomic mass is 10.1. The van der Waals surface area contributed by atoms with Gasteiger partial charge in [0.2, 0.25) is 0 Å². The first kappa shape index (κ1) is 16.1. The van der Waals surface area contributed by atoms with Crippen LogP contribution in [0, 0.1) is 0 Å². The van der Waals surface area contributed by atoms with Crippen molar-refractivity contribution in [3.05, 3.63) is 39.9 Å². The van der Waals surface area contributed by atoms with Gasteiger partial charge in [-0.3, -0.25) is 0 Å². The van der Waals surface area contributed by atoms with Gasteiger partial charge >= 0.3 is 11.5 Å². The Labute approximate surface area is 121 Å². The third-order valence-electron chi connectivity index (χ3n) is 2.07. The number of methoxy groups -OCH3 is 1. The van der Waals surface area contributed by atoms with E-state index in [-0.39, 0.29) is 17.3 Å². The Kier molecular flexibility index (Phi) is 5.93. The summed E-state index contributed by atoms with van der Waals surface area (Å²) in [4.78, 5) is 11.5. The molecule has 0 aliphatic heterocycles. The van der Waals surface area contributed by atoms with Crippen LogP contribution in [0.25, 0.3) is 6.08 Å². The highest BCUT2D eigenvalue weighted by Gasteiger charge is 2.29. The molecule has 0 unspecified atom stereocenters. The van der Waals surface area contributed by atoms with E-state index in [1.165, 1.54) is 6.08 Å². The minimum Gasteiger partial charge on any atom is -0.466 e. The molecule has 2 nitrogen and oxygen atoms in total. The van der Waals surface area contributed by atoms with Gasteiger partial charge in [0.05, 0.1) is 7.11 Å². The summed E-state index contributed by atoms with van der Waals surface area (Å²) in [5.41, 5.74) is -3.82. The van der Waals surface area contributed by atoms with E-state index in [0.717, 1.165) is 7.11 Å². The molecule has 0 radical (unpaired) electrons. The van der Waals surface area contributed by atoms with Crippen molar-refractivity contribution in [2.24, 2.45) is 0 Å². The molecule has 0 amide bonds. The molecule has 19 heavy (non-hydrogen) atoms. The maximum absolute atomic E-state index is 12.2. The van der Waals surface area contributed by atoms with Crippen LogP contribution in [-0.2, 0) is 9.53 Å². The van der Waals surface area contributed by atoms with Crippen molar-refractivity contribution in [1.82, 2.24) is 0 Å². The smallest absolute Gasteiger partial charge is 0.442 e. The highest BCUT2D eigenvalue weighted by atomic mass is 79.9. The fourth-order valence-electron chi connectivity index (χ4n) is 1.23. The molecule has 0 spiro atoms. The second-order valence-corrected chi connectivity index (χ2v) is 5.31. The molecule has 7 heteroatoms. The number of hydrogen-bond acceptors (Lipinski definition) is 3. The van der Waals surface area contributed by atoms with E-state index in [1.807, 2.05) is 0 Å². The molecule has 0 bridgehead atoms. The molecule has 0 aliphatic rings. The van der Waals surface area contributed by atoms with Gasteiger partial charge in [-0.05, 0) is 29.5 Å². The second kappa shape index (κ2) is 7.00. The first-order valence-corrected chi connectivity index (χ1v) is 6.85. The van der Waals surface area contributed by atoms with E-state index in [0.29, 0.717) is 10.0 Å². The molecule has 1 rings (SSSR count). The first-order chi connectivity index (χ1) is 8.83. The van der Waals surface area contributed by atoms with Crippen molar-refractivity contribution in [3.63, 3.8) is 0 Å². The van der Waals surface area contributed by atoms with E-state index in [4.69, 9.17) is 0 Å². The number of esters is 1. The minimum atomic E-state index is -4.39. The van der Waals surface area contributed by atoms with E-state index >= 15 is 0 Å². The van der Waals surface area contributed by atoms with Crippen LogP contribution in [0.4, 0.5) is 13.2 Å². The van der Waals surface area contributed by atoms with Crippen LogP contribution in [-0.4, -0.2) is 24.3 Å². The number of rotatable bonds is 4. The summed E-state index contributed by atoms with van der Waals surface area (Å²) in [6, 6.07) is 6.91. The van der Waals surface area contributed by atoms with Crippen LogP contribution >= 0.6 is 27.7 Å². The molecule has 1 aromatic carbocycles. The van der Waals surface area contributed by atoms with Gasteiger partial charge in [-0.25, -0.2) is 4.79 Å². The van der Waals surface area contributed by atoms with E-state index in [2.05, 4.69) is 20.7 Å². The number of halogens is 4. The van der Waals surface area contributed by atoms with Gasteiger partial charge in [0.1, 0.15) is 0 Å². The number of benzene rings is 1. The van der Waals surface area contributed by atoms with Gasteiger partial charge in [-0.2, -0.15) is 13.2 Å². The molecule has 0 fully saturated rings. The third-order valence-corrected chi connectivity index (χ3v) is 3.58. The maximum atomic E-state index is 12.2. The zero-order valence-corrected chi connectivity index (χ0v) is 12.2. The monoisotopic (exact) mass is 354 g/mol. The average molecular weight is 355 g/mol. The van der Waals surface area contributed by atoms with Crippen molar-refractivity contribution in [3.8, 4) is 0 Å². The van der Waals surface area contributed by atoms with Gasteiger partial charge in [0.15, 0.2) is 0 Å². The molecule has 0 atom stereocenters. The van der Waals surface area contributed by atoms with Gasteiger partial charge in [-0.15, -0.1) is 0 Å². The average Bonchev–Trinajstić information content (AvgIpc) is 2.34.